The molecule has 0 saturated heterocycles. The van der Waals surface area contributed by atoms with Crippen molar-refractivity contribution in [3.8, 4) is 5.75 Å². The first kappa shape index (κ1) is 31.9. The molecule has 3 rings (SSSR count). The lowest BCUT2D eigenvalue weighted by atomic mass is 9.77. The minimum absolute atomic E-state index is 0.0350. The third-order valence-electron chi connectivity index (χ3n) is 5.00. The van der Waals surface area contributed by atoms with Crippen molar-refractivity contribution in [3.63, 3.8) is 0 Å². The van der Waals surface area contributed by atoms with Crippen LogP contribution in [0.3, 0.4) is 0 Å². The summed E-state index contributed by atoms with van der Waals surface area (Å²) in [6.07, 6.45) is -13.6. The first-order chi connectivity index (χ1) is 17.8. The molecule has 3 N–H and O–H groups in total. The molecule has 0 fully saturated rings. The van der Waals surface area contributed by atoms with Crippen LogP contribution in [0, 0.1) is 0 Å². The molecule has 0 aliphatic rings. The van der Waals surface area contributed by atoms with E-state index in [1.54, 1.807) is 24.3 Å². The monoisotopic (exact) mass is 628 g/mol. The Balaban J connectivity index is 0.000000976. The second kappa shape index (κ2) is 12.2. The van der Waals surface area contributed by atoms with Gasteiger partial charge in [-0.25, -0.2) is 0 Å². The maximum atomic E-state index is 13.5. The first-order valence-electron chi connectivity index (χ1n) is 10.9. The molecular weight excluding hydrogens is 607 g/mol. The van der Waals surface area contributed by atoms with Gasteiger partial charge in [0.05, 0.1) is 16.9 Å². The van der Waals surface area contributed by atoms with E-state index in [0.29, 0.717) is 5.56 Å². The Labute approximate surface area is 226 Å². The van der Waals surface area contributed by atoms with Crippen molar-refractivity contribution < 1.29 is 44.3 Å². The predicted octanol–water partition coefficient (Wildman–Crippen LogP) is 8.44. The van der Waals surface area contributed by atoms with Crippen molar-refractivity contribution in [2.75, 3.05) is 0 Å². The smallest absolute Gasteiger partial charge is 0.406 e. The Morgan fingerprint density at radius 2 is 1.31 bits per heavy atom. The van der Waals surface area contributed by atoms with Gasteiger partial charge in [-0.2, -0.15) is 26.3 Å². The molecule has 1 unspecified atom stereocenters. The summed E-state index contributed by atoms with van der Waals surface area (Å²) in [4.78, 5) is 0. The number of halogens is 10. The SMILES string of the molecule is C=C(N)NC(Cc1ccc(Br)cc1)(c1cccc(OC(F)(F)F)c1)c1cccc(C(F)(F)F)c1.CC(F)(F)F. The molecule has 0 spiro atoms. The van der Waals surface area contributed by atoms with Gasteiger partial charge >= 0.3 is 18.7 Å². The largest absolute Gasteiger partial charge is 0.573 e. The van der Waals surface area contributed by atoms with Crippen molar-refractivity contribution in [2.45, 2.75) is 37.6 Å². The molecule has 0 amide bonds. The molecular formula is C26H22BrF9N2O. The third-order valence-corrected chi connectivity index (χ3v) is 5.53. The number of nitrogens with two attached hydrogens (primary N) is 1. The Kier molecular flexibility index (Phi) is 9.99. The zero-order chi connectivity index (χ0) is 29.6. The molecule has 212 valence electrons. The molecule has 0 aliphatic carbocycles. The van der Waals surface area contributed by atoms with Crippen LogP contribution in [0.25, 0.3) is 0 Å². The number of benzene rings is 3. The summed E-state index contributed by atoms with van der Waals surface area (Å²) in [5.41, 5.74) is 4.42. The summed E-state index contributed by atoms with van der Waals surface area (Å²) < 4.78 is 115. The standard InChI is InChI=1S/C24H19BrF6N2O.C2H3F3/c1-15(32)33-22(14-16-8-10-20(25)11-9-16,17-4-2-6-19(12-17)23(26,27)28)18-5-3-7-21(13-18)34-24(29,30)31;1-2(3,4)5/h2-13,33H,1,14,32H2;1H3. The highest BCUT2D eigenvalue weighted by molar-refractivity contribution is 9.10. The number of rotatable bonds is 7. The Morgan fingerprint density at radius 1 is 0.821 bits per heavy atom. The van der Waals surface area contributed by atoms with Crippen molar-refractivity contribution in [1.82, 2.24) is 5.32 Å². The molecule has 0 aliphatic heterocycles. The number of hydrogen-bond donors (Lipinski definition) is 2. The average Bonchev–Trinajstić information content (AvgIpc) is 2.77. The maximum absolute atomic E-state index is 13.5. The quantitative estimate of drug-likeness (QED) is 0.258. The van der Waals surface area contributed by atoms with E-state index >= 15 is 0 Å². The third kappa shape index (κ3) is 10.4. The van der Waals surface area contributed by atoms with Gasteiger partial charge in [-0.15, -0.1) is 13.2 Å². The van der Waals surface area contributed by atoms with Crippen LogP contribution in [-0.4, -0.2) is 12.5 Å². The van der Waals surface area contributed by atoms with Crippen molar-refractivity contribution in [3.05, 3.63) is 112 Å². The first-order valence-corrected chi connectivity index (χ1v) is 11.7. The number of hydrogen-bond acceptors (Lipinski definition) is 3. The Bertz CT molecular complexity index is 1250. The highest BCUT2D eigenvalue weighted by Gasteiger charge is 2.39. The zero-order valence-electron chi connectivity index (χ0n) is 20.1. The van der Waals surface area contributed by atoms with Crippen molar-refractivity contribution in [2.24, 2.45) is 5.73 Å². The van der Waals surface area contributed by atoms with E-state index in [1.165, 1.54) is 24.3 Å². The molecule has 39 heavy (non-hydrogen) atoms. The molecule has 3 aromatic rings. The molecule has 0 bridgehead atoms. The second-order valence-electron chi connectivity index (χ2n) is 8.29. The lowest BCUT2D eigenvalue weighted by Crippen LogP contribution is -2.46. The van der Waals surface area contributed by atoms with Gasteiger partial charge in [-0.1, -0.05) is 58.9 Å². The summed E-state index contributed by atoms with van der Waals surface area (Å²) in [6.45, 7) is 3.81. The molecule has 0 heterocycles. The minimum Gasteiger partial charge on any atom is -0.406 e. The van der Waals surface area contributed by atoms with Crippen molar-refractivity contribution >= 4 is 15.9 Å². The Hall–Kier alpha value is -3.35. The fraction of sp³-hybridized carbons (Fsp3) is 0.231. The van der Waals surface area contributed by atoms with E-state index in [0.717, 1.165) is 28.7 Å². The van der Waals surface area contributed by atoms with Gasteiger partial charge in [0.15, 0.2) is 0 Å². The van der Waals surface area contributed by atoms with Gasteiger partial charge < -0.3 is 15.8 Å². The summed E-state index contributed by atoms with van der Waals surface area (Å²) in [5, 5.41) is 2.93. The highest BCUT2D eigenvalue weighted by Crippen LogP contribution is 2.39. The van der Waals surface area contributed by atoms with E-state index in [-0.39, 0.29) is 30.3 Å². The van der Waals surface area contributed by atoms with Gasteiger partial charge in [0, 0.05) is 17.8 Å². The van der Waals surface area contributed by atoms with E-state index in [9.17, 15) is 39.5 Å². The van der Waals surface area contributed by atoms with Crippen LogP contribution in [0.4, 0.5) is 39.5 Å². The molecule has 13 heteroatoms. The highest BCUT2D eigenvalue weighted by atomic mass is 79.9. The van der Waals surface area contributed by atoms with E-state index < -0.39 is 35.6 Å². The summed E-state index contributed by atoms with van der Waals surface area (Å²) in [5.74, 6) is -0.613. The number of nitrogens with one attached hydrogen (secondary N) is 1. The maximum Gasteiger partial charge on any atom is 0.573 e. The summed E-state index contributed by atoms with van der Waals surface area (Å²) in [6, 6.07) is 16.5. The van der Waals surface area contributed by atoms with E-state index in [1.807, 2.05) is 0 Å². The fourth-order valence-electron chi connectivity index (χ4n) is 3.66. The Morgan fingerprint density at radius 3 is 1.79 bits per heavy atom. The lowest BCUT2D eigenvalue weighted by Gasteiger charge is -2.38. The number of ether oxygens (including phenoxy) is 1. The van der Waals surface area contributed by atoms with Gasteiger partial charge in [-0.3, -0.25) is 0 Å². The second-order valence-corrected chi connectivity index (χ2v) is 9.21. The molecule has 1 atom stereocenters. The summed E-state index contributed by atoms with van der Waals surface area (Å²) >= 11 is 3.33. The lowest BCUT2D eigenvalue weighted by molar-refractivity contribution is -0.274. The van der Waals surface area contributed by atoms with Gasteiger partial charge in [0.25, 0.3) is 0 Å². The van der Waals surface area contributed by atoms with Gasteiger partial charge in [0.2, 0.25) is 0 Å². The van der Waals surface area contributed by atoms with E-state index in [2.05, 4.69) is 32.6 Å². The van der Waals surface area contributed by atoms with Crippen LogP contribution < -0.4 is 15.8 Å². The van der Waals surface area contributed by atoms with Crippen molar-refractivity contribution in [1.29, 1.82) is 0 Å². The van der Waals surface area contributed by atoms with Crippen LogP contribution in [0.15, 0.2) is 89.7 Å². The molecule has 3 nitrogen and oxygen atoms in total. The average molecular weight is 629 g/mol. The molecule has 0 saturated carbocycles. The molecule has 3 aromatic carbocycles. The topological polar surface area (TPSA) is 47.3 Å². The molecule has 0 aromatic heterocycles. The predicted molar refractivity (Wildman–Crippen MR) is 131 cm³/mol. The minimum atomic E-state index is -4.95. The normalized spacial score (nSPS) is 13.5. The fourth-order valence-corrected chi connectivity index (χ4v) is 3.93. The van der Waals surface area contributed by atoms with Gasteiger partial charge in [-0.05, 0) is 53.1 Å². The molecule has 0 radical (unpaired) electrons. The number of alkyl halides is 9. The summed E-state index contributed by atoms with van der Waals surface area (Å²) in [7, 11) is 0. The van der Waals surface area contributed by atoms with Crippen LogP contribution in [0.2, 0.25) is 0 Å². The van der Waals surface area contributed by atoms with E-state index in [4.69, 9.17) is 5.73 Å². The van der Waals surface area contributed by atoms with Crippen LogP contribution in [0.5, 0.6) is 5.75 Å². The zero-order valence-corrected chi connectivity index (χ0v) is 21.7. The van der Waals surface area contributed by atoms with Crippen LogP contribution in [-0.2, 0) is 18.1 Å². The van der Waals surface area contributed by atoms with Gasteiger partial charge in [0.1, 0.15) is 5.75 Å². The van der Waals surface area contributed by atoms with Crippen LogP contribution in [0.1, 0.15) is 29.2 Å². The van der Waals surface area contributed by atoms with Crippen LogP contribution >= 0.6 is 15.9 Å².